The molecule has 0 aliphatic heterocycles. The standard InChI is InChI=1S/C79H58N2/c1-77(2)67-33-17-11-29-59(67)63-43-39-55(49-73(63)77)80(75-37-21-15-27-57(75)51-23-7-5-8-24-51)53-41-45-71-65(47-53)61-31-13-19-35-69(61)79(71)70-36-20-14-32-62(70)66-48-54(42-46-72(66)79)81(76-38-22-16-28-58(76)52-25-9-6-10-26-52)56-40-44-64-60-30-12-18-34-68(60)78(3,4)74(64)50-56/h5-50H,1-4H3. The molecule has 4 aliphatic rings. The fraction of sp³-hybridized carbons (Fsp3) is 0.0886. The highest BCUT2D eigenvalue weighted by atomic mass is 15.2. The number of rotatable bonds is 8. The van der Waals surface area contributed by atoms with Crippen LogP contribution in [0.2, 0.25) is 0 Å². The summed E-state index contributed by atoms with van der Waals surface area (Å²) in [6.45, 7) is 9.51. The number of benzene rings is 12. The lowest BCUT2D eigenvalue weighted by atomic mass is 9.70. The van der Waals surface area contributed by atoms with Crippen LogP contribution in [0.15, 0.2) is 279 Å². The Balaban J connectivity index is 0.894. The number of fused-ring (bicyclic) bond motifs is 16. The summed E-state index contributed by atoms with van der Waals surface area (Å²) in [4.78, 5) is 5.03. The van der Waals surface area contributed by atoms with E-state index in [9.17, 15) is 0 Å². The summed E-state index contributed by atoms with van der Waals surface area (Å²) in [5, 5.41) is 0. The lowest BCUT2D eigenvalue weighted by Gasteiger charge is -2.33. The zero-order chi connectivity index (χ0) is 54.2. The summed E-state index contributed by atoms with van der Waals surface area (Å²) in [5.74, 6) is 0. The number of nitrogens with zero attached hydrogens (tertiary/aromatic N) is 2. The van der Waals surface area contributed by atoms with Gasteiger partial charge in [0.05, 0.1) is 16.8 Å². The predicted molar refractivity (Wildman–Crippen MR) is 338 cm³/mol. The molecule has 0 saturated carbocycles. The Kier molecular flexibility index (Phi) is 10.3. The first-order valence-corrected chi connectivity index (χ1v) is 28.6. The molecular formula is C79H58N2. The van der Waals surface area contributed by atoms with Crippen molar-refractivity contribution in [2.24, 2.45) is 0 Å². The Morgan fingerprint density at radius 1 is 0.210 bits per heavy atom. The lowest BCUT2D eigenvalue weighted by molar-refractivity contribution is 0.660. The average molecular weight is 1040 g/mol. The Labute approximate surface area is 475 Å². The topological polar surface area (TPSA) is 6.48 Å². The molecule has 0 N–H and O–H groups in total. The van der Waals surface area contributed by atoms with E-state index in [1.165, 1.54) is 111 Å². The van der Waals surface area contributed by atoms with Gasteiger partial charge >= 0.3 is 0 Å². The van der Waals surface area contributed by atoms with Crippen LogP contribution in [-0.4, -0.2) is 0 Å². The number of hydrogen-bond acceptors (Lipinski definition) is 2. The van der Waals surface area contributed by atoms with Gasteiger partial charge < -0.3 is 9.80 Å². The number of anilines is 6. The van der Waals surface area contributed by atoms with Crippen LogP contribution in [0, 0.1) is 0 Å². The van der Waals surface area contributed by atoms with Crippen LogP contribution in [0.3, 0.4) is 0 Å². The van der Waals surface area contributed by atoms with Crippen LogP contribution in [-0.2, 0) is 16.2 Å². The first kappa shape index (κ1) is 47.3. The van der Waals surface area contributed by atoms with Crippen LogP contribution in [0.4, 0.5) is 34.1 Å². The van der Waals surface area contributed by atoms with Gasteiger partial charge in [-0.3, -0.25) is 0 Å². The molecule has 4 aliphatic carbocycles. The second kappa shape index (κ2) is 17.6. The van der Waals surface area contributed by atoms with E-state index in [-0.39, 0.29) is 10.8 Å². The van der Waals surface area contributed by atoms with Crippen molar-refractivity contribution in [2.45, 2.75) is 43.9 Å². The molecule has 81 heavy (non-hydrogen) atoms. The second-order valence-corrected chi connectivity index (χ2v) is 23.5. The third kappa shape index (κ3) is 6.74. The van der Waals surface area contributed by atoms with Crippen LogP contribution in [0.5, 0.6) is 0 Å². The summed E-state index contributed by atoms with van der Waals surface area (Å²) >= 11 is 0. The van der Waals surface area contributed by atoms with E-state index in [1.54, 1.807) is 0 Å². The minimum atomic E-state index is -0.554. The van der Waals surface area contributed by atoms with Crippen molar-refractivity contribution in [3.63, 3.8) is 0 Å². The van der Waals surface area contributed by atoms with Gasteiger partial charge in [0, 0.05) is 44.7 Å². The van der Waals surface area contributed by atoms with Crippen molar-refractivity contribution >= 4 is 34.1 Å². The monoisotopic (exact) mass is 1030 g/mol. The Hall–Kier alpha value is -9.76. The molecule has 0 heterocycles. The largest absolute Gasteiger partial charge is 0.310 e. The van der Waals surface area contributed by atoms with Crippen molar-refractivity contribution in [1.82, 2.24) is 0 Å². The fourth-order valence-electron chi connectivity index (χ4n) is 15.0. The van der Waals surface area contributed by atoms with E-state index in [2.05, 4.69) is 317 Å². The Morgan fingerprint density at radius 3 is 0.901 bits per heavy atom. The zero-order valence-electron chi connectivity index (χ0n) is 46.0. The van der Waals surface area contributed by atoms with Gasteiger partial charge in [0.25, 0.3) is 0 Å². The first-order valence-electron chi connectivity index (χ1n) is 28.6. The maximum Gasteiger partial charge on any atom is 0.0725 e. The van der Waals surface area contributed by atoms with Crippen molar-refractivity contribution < 1.29 is 0 Å². The molecule has 12 aromatic rings. The smallest absolute Gasteiger partial charge is 0.0725 e. The molecule has 12 aromatic carbocycles. The van der Waals surface area contributed by atoms with Crippen molar-refractivity contribution in [3.8, 4) is 66.8 Å². The van der Waals surface area contributed by atoms with Crippen molar-refractivity contribution in [3.05, 3.63) is 324 Å². The van der Waals surface area contributed by atoms with E-state index in [1.807, 2.05) is 0 Å². The third-order valence-electron chi connectivity index (χ3n) is 18.7. The second-order valence-electron chi connectivity index (χ2n) is 23.5. The molecule has 1 spiro atoms. The molecule has 0 aromatic heterocycles. The van der Waals surface area contributed by atoms with Crippen LogP contribution in [0.1, 0.15) is 72.2 Å². The van der Waals surface area contributed by atoms with E-state index in [0.717, 1.165) is 34.1 Å². The van der Waals surface area contributed by atoms with Gasteiger partial charge in [0.15, 0.2) is 0 Å². The highest BCUT2D eigenvalue weighted by Crippen LogP contribution is 2.64. The Morgan fingerprint density at radius 2 is 0.494 bits per heavy atom. The summed E-state index contributed by atoms with van der Waals surface area (Å²) in [6, 6.07) is 105. The SMILES string of the molecule is CC1(C)c2ccccc2-c2ccc(N(c3ccc4c(c3)-c3ccccc3C43c4ccccc4-c4cc(N(c5ccc6c(c5)C(C)(C)c5ccccc5-6)c5ccccc5-c5ccccc5)ccc43)c3ccccc3-c3ccccc3)cc21. The van der Waals surface area contributed by atoms with Crippen molar-refractivity contribution in [2.75, 3.05) is 9.80 Å². The van der Waals surface area contributed by atoms with Crippen LogP contribution < -0.4 is 9.80 Å². The van der Waals surface area contributed by atoms with Crippen LogP contribution >= 0.6 is 0 Å². The molecule has 0 atom stereocenters. The van der Waals surface area contributed by atoms with Gasteiger partial charge in [0.2, 0.25) is 0 Å². The normalized spacial score (nSPS) is 14.5. The first-order chi connectivity index (χ1) is 39.7. The van der Waals surface area contributed by atoms with Gasteiger partial charge in [-0.2, -0.15) is 0 Å². The molecule has 0 unspecified atom stereocenters. The summed E-state index contributed by atoms with van der Waals surface area (Å²) in [5.41, 5.74) is 31.6. The molecular weight excluding hydrogens is 977 g/mol. The maximum atomic E-state index is 2.51. The van der Waals surface area contributed by atoms with Gasteiger partial charge in [0.1, 0.15) is 0 Å². The number of hydrogen-bond donors (Lipinski definition) is 0. The molecule has 0 fully saturated rings. The van der Waals surface area contributed by atoms with E-state index < -0.39 is 5.41 Å². The molecule has 0 bridgehead atoms. The van der Waals surface area contributed by atoms with Gasteiger partial charge in [-0.15, -0.1) is 0 Å². The summed E-state index contributed by atoms with van der Waals surface area (Å²) in [6.07, 6.45) is 0. The van der Waals surface area contributed by atoms with Gasteiger partial charge in [-0.05, 0) is 161 Å². The highest BCUT2D eigenvalue weighted by molar-refractivity contribution is 6.00. The highest BCUT2D eigenvalue weighted by Gasteiger charge is 2.52. The quantitative estimate of drug-likeness (QED) is 0.150. The molecule has 16 rings (SSSR count). The summed E-state index contributed by atoms with van der Waals surface area (Å²) < 4.78 is 0. The average Bonchev–Trinajstić information content (AvgIpc) is 4.29. The molecule has 0 amide bonds. The van der Waals surface area contributed by atoms with Gasteiger partial charge in [-0.25, -0.2) is 0 Å². The molecule has 2 nitrogen and oxygen atoms in total. The summed E-state index contributed by atoms with van der Waals surface area (Å²) in [7, 11) is 0. The zero-order valence-corrected chi connectivity index (χ0v) is 46.0. The fourth-order valence-corrected chi connectivity index (χ4v) is 15.0. The molecule has 0 saturated heterocycles. The Bertz CT molecular complexity index is 4250. The third-order valence-corrected chi connectivity index (χ3v) is 18.7. The van der Waals surface area contributed by atoms with E-state index >= 15 is 0 Å². The molecule has 2 heteroatoms. The minimum absolute atomic E-state index is 0.161. The van der Waals surface area contributed by atoms with E-state index in [0.29, 0.717) is 0 Å². The van der Waals surface area contributed by atoms with E-state index in [4.69, 9.17) is 0 Å². The van der Waals surface area contributed by atoms with Crippen molar-refractivity contribution in [1.29, 1.82) is 0 Å². The van der Waals surface area contributed by atoms with Crippen LogP contribution in [0.25, 0.3) is 66.8 Å². The maximum absolute atomic E-state index is 2.51. The lowest BCUT2D eigenvalue weighted by Crippen LogP contribution is -2.26. The van der Waals surface area contributed by atoms with Gasteiger partial charge in [-0.1, -0.05) is 246 Å². The predicted octanol–water partition coefficient (Wildman–Crippen LogP) is 20.9. The minimum Gasteiger partial charge on any atom is -0.310 e. The molecule has 0 radical (unpaired) electrons. The number of para-hydroxylation sites is 2. The molecule has 384 valence electrons.